The zero-order valence-electron chi connectivity index (χ0n) is 17.5. The van der Waals surface area contributed by atoms with Crippen LogP contribution in [0.4, 0.5) is 5.69 Å². The molecule has 4 rings (SSSR count). The first-order valence-electron chi connectivity index (χ1n) is 10.0. The Morgan fingerprint density at radius 2 is 1.70 bits per heavy atom. The van der Waals surface area contributed by atoms with Gasteiger partial charge in [-0.3, -0.25) is 4.98 Å². The largest absolute Gasteiger partial charge is 0.497 e. The fourth-order valence-electron chi connectivity index (χ4n) is 3.92. The van der Waals surface area contributed by atoms with E-state index in [0.717, 1.165) is 36.8 Å². The molecule has 0 bridgehead atoms. The molecule has 158 valence electrons. The highest BCUT2D eigenvalue weighted by atomic mass is 32.2. The Bertz CT molecular complexity index is 1170. The average molecular weight is 427 g/mol. The summed E-state index contributed by atoms with van der Waals surface area (Å²) < 4.78 is 38.0. The molecule has 0 saturated carbocycles. The van der Waals surface area contributed by atoms with Crippen molar-refractivity contribution in [2.24, 2.45) is 5.92 Å². The van der Waals surface area contributed by atoms with Crippen LogP contribution in [0.25, 0.3) is 10.9 Å². The van der Waals surface area contributed by atoms with Crippen LogP contribution < -0.4 is 14.4 Å². The van der Waals surface area contributed by atoms with Crippen LogP contribution in [0.1, 0.15) is 19.8 Å². The number of nitrogens with zero attached hydrogens (tertiary/aromatic N) is 2. The first-order chi connectivity index (χ1) is 14.4. The molecule has 1 saturated heterocycles. The van der Waals surface area contributed by atoms with Crippen LogP contribution in [-0.2, 0) is 9.84 Å². The van der Waals surface area contributed by atoms with E-state index in [1.807, 2.05) is 18.2 Å². The van der Waals surface area contributed by atoms with E-state index in [9.17, 15) is 8.42 Å². The molecule has 0 aliphatic carbocycles. The molecule has 1 aliphatic rings. The van der Waals surface area contributed by atoms with Crippen LogP contribution in [0.15, 0.2) is 58.5 Å². The van der Waals surface area contributed by atoms with E-state index >= 15 is 0 Å². The maximum absolute atomic E-state index is 13.7. The van der Waals surface area contributed by atoms with Crippen molar-refractivity contribution in [3.63, 3.8) is 0 Å². The summed E-state index contributed by atoms with van der Waals surface area (Å²) in [7, 11) is -0.673. The third-order valence-corrected chi connectivity index (χ3v) is 7.51. The fraction of sp³-hybridized carbons (Fsp3) is 0.348. The summed E-state index contributed by atoms with van der Waals surface area (Å²) in [5.41, 5.74) is 1.45. The van der Waals surface area contributed by atoms with Crippen LogP contribution in [0.2, 0.25) is 0 Å². The maximum Gasteiger partial charge on any atom is 0.210 e. The third-order valence-electron chi connectivity index (χ3n) is 5.75. The lowest BCUT2D eigenvalue weighted by Gasteiger charge is -2.34. The van der Waals surface area contributed by atoms with Crippen LogP contribution >= 0.6 is 0 Å². The number of ether oxygens (including phenoxy) is 2. The molecule has 0 atom stereocenters. The van der Waals surface area contributed by atoms with Gasteiger partial charge >= 0.3 is 0 Å². The Kier molecular flexibility index (Phi) is 5.56. The minimum absolute atomic E-state index is 0.192. The number of aromatic nitrogens is 1. The topological polar surface area (TPSA) is 68.7 Å². The van der Waals surface area contributed by atoms with E-state index in [4.69, 9.17) is 9.47 Å². The number of fused-ring (bicyclic) bond motifs is 1. The summed E-state index contributed by atoms with van der Waals surface area (Å²) in [4.78, 5) is 7.05. The zero-order chi connectivity index (χ0) is 21.3. The molecule has 1 fully saturated rings. The van der Waals surface area contributed by atoms with E-state index < -0.39 is 9.84 Å². The van der Waals surface area contributed by atoms with Crippen molar-refractivity contribution >= 4 is 26.4 Å². The minimum Gasteiger partial charge on any atom is -0.497 e. The summed E-state index contributed by atoms with van der Waals surface area (Å²) in [6, 6.07) is 12.1. The molecule has 7 heteroatoms. The summed E-state index contributed by atoms with van der Waals surface area (Å²) in [5.74, 6) is 1.80. The van der Waals surface area contributed by atoms with E-state index in [1.54, 1.807) is 31.4 Å². The van der Waals surface area contributed by atoms with Gasteiger partial charge in [-0.1, -0.05) is 13.0 Å². The molecule has 2 aromatic carbocycles. The summed E-state index contributed by atoms with van der Waals surface area (Å²) in [5, 5.41) is 0.785. The van der Waals surface area contributed by atoms with E-state index in [-0.39, 0.29) is 9.79 Å². The highest BCUT2D eigenvalue weighted by molar-refractivity contribution is 7.91. The van der Waals surface area contributed by atoms with Gasteiger partial charge in [0.05, 0.1) is 30.3 Å². The Labute approximate surface area is 177 Å². The molecule has 3 aromatic rings. The number of piperidine rings is 1. The van der Waals surface area contributed by atoms with Crippen molar-refractivity contribution in [2.45, 2.75) is 29.6 Å². The molecule has 0 unspecified atom stereocenters. The Hall–Kier alpha value is -2.80. The van der Waals surface area contributed by atoms with Crippen molar-refractivity contribution < 1.29 is 17.9 Å². The molecular weight excluding hydrogens is 400 g/mol. The van der Waals surface area contributed by atoms with Crippen molar-refractivity contribution in [2.75, 3.05) is 32.2 Å². The predicted octanol–water partition coefficient (Wildman–Crippen LogP) is 4.32. The standard InChI is InChI=1S/C23H26N2O4S/c1-16-9-11-25(12-10-16)23-20-14-18(29-3)7-8-21(20)24-15-22(23)30(26,27)19-6-4-5-17(13-19)28-2/h4-8,13-16H,9-12H2,1-3H3. The van der Waals surface area contributed by atoms with Gasteiger partial charge in [-0.15, -0.1) is 0 Å². The average Bonchev–Trinajstić information content (AvgIpc) is 2.78. The van der Waals surface area contributed by atoms with Crippen LogP contribution in [0.5, 0.6) is 11.5 Å². The van der Waals surface area contributed by atoms with Crippen LogP contribution in [0.3, 0.4) is 0 Å². The summed E-state index contributed by atoms with van der Waals surface area (Å²) in [6.07, 6.45) is 3.52. The number of sulfone groups is 1. The number of hydrogen-bond donors (Lipinski definition) is 0. The SMILES string of the molecule is COc1cccc(S(=O)(=O)c2cnc3ccc(OC)cc3c2N2CCC(C)CC2)c1. The second-order valence-electron chi connectivity index (χ2n) is 7.71. The fourth-order valence-corrected chi connectivity index (χ4v) is 5.38. The number of methoxy groups -OCH3 is 2. The minimum atomic E-state index is -3.80. The van der Waals surface area contributed by atoms with Crippen LogP contribution in [-0.4, -0.2) is 40.7 Å². The monoisotopic (exact) mass is 426 g/mol. The van der Waals surface area contributed by atoms with E-state index in [2.05, 4.69) is 16.8 Å². The molecular formula is C23H26N2O4S. The lowest BCUT2D eigenvalue weighted by molar-refractivity contribution is 0.413. The highest BCUT2D eigenvalue weighted by Crippen LogP contribution is 2.39. The van der Waals surface area contributed by atoms with Crippen LogP contribution in [0, 0.1) is 5.92 Å². The number of benzene rings is 2. The maximum atomic E-state index is 13.7. The van der Waals surface area contributed by atoms with Gasteiger partial charge in [0.2, 0.25) is 9.84 Å². The zero-order valence-corrected chi connectivity index (χ0v) is 18.3. The van der Waals surface area contributed by atoms with Gasteiger partial charge in [0.15, 0.2) is 0 Å². The second kappa shape index (κ2) is 8.14. The van der Waals surface area contributed by atoms with Crippen molar-refractivity contribution in [1.29, 1.82) is 0 Å². The van der Waals surface area contributed by atoms with Crippen molar-refractivity contribution in [3.05, 3.63) is 48.7 Å². The van der Waals surface area contributed by atoms with Gasteiger partial charge < -0.3 is 14.4 Å². The van der Waals surface area contributed by atoms with Gasteiger partial charge in [-0.05, 0) is 55.2 Å². The van der Waals surface area contributed by atoms with Gasteiger partial charge in [-0.2, -0.15) is 0 Å². The first-order valence-corrected chi connectivity index (χ1v) is 11.5. The molecule has 1 aromatic heterocycles. The Morgan fingerprint density at radius 1 is 1.00 bits per heavy atom. The van der Waals surface area contributed by atoms with Crippen molar-refractivity contribution in [1.82, 2.24) is 4.98 Å². The quantitative estimate of drug-likeness (QED) is 0.605. The van der Waals surface area contributed by atoms with Gasteiger partial charge in [0.25, 0.3) is 0 Å². The number of hydrogen-bond acceptors (Lipinski definition) is 6. The summed E-state index contributed by atoms with van der Waals surface area (Å²) in [6.45, 7) is 3.84. The van der Waals surface area contributed by atoms with E-state index in [0.29, 0.717) is 23.1 Å². The van der Waals surface area contributed by atoms with Gasteiger partial charge in [-0.25, -0.2) is 8.42 Å². The predicted molar refractivity (Wildman–Crippen MR) is 117 cm³/mol. The lowest BCUT2D eigenvalue weighted by atomic mass is 9.98. The smallest absolute Gasteiger partial charge is 0.210 e. The number of anilines is 1. The van der Waals surface area contributed by atoms with E-state index in [1.165, 1.54) is 13.3 Å². The molecule has 0 amide bonds. The first kappa shape index (κ1) is 20.5. The number of rotatable bonds is 5. The highest BCUT2D eigenvalue weighted by Gasteiger charge is 2.29. The number of pyridine rings is 1. The molecule has 6 nitrogen and oxygen atoms in total. The Morgan fingerprint density at radius 3 is 2.40 bits per heavy atom. The second-order valence-corrected chi connectivity index (χ2v) is 9.62. The third kappa shape index (κ3) is 3.69. The molecule has 0 radical (unpaired) electrons. The molecule has 1 aliphatic heterocycles. The summed E-state index contributed by atoms with van der Waals surface area (Å²) >= 11 is 0. The van der Waals surface area contributed by atoms with Gasteiger partial charge in [0, 0.05) is 24.7 Å². The molecule has 0 N–H and O–H groups in total. The molecule has 2 heterocycles. The molecule has 30 heavy (non-hydrogen) atoms. The van der Waals surface area contributed by atoms with Crippen molar-refractivity contribution in [3.8, 4) is 11.5 Å². The molecule has 0 spiro atoms. The lowest BCUT2D eigenvalue weighted by Crippen LogP contribution is -2.34. The normalized spacial score (nSPS) is 15.4. The van der Waals surface area contributed by atoms with Gasteiger partial charge in [0.1, 0.15) is 16.4 Å². The Balaban J connectivity index is 1.95.